The zero-order valence-electron chi connectivity index (χ0n) is 8.79. The first kappa shape index (κ1) is 10.4. The van der Waals surface area contributed by atoms with Crippen LogP contribution in [0.25, 0.3) is 0 Å². The van der Waals surface area contributed by atoms with Gasteiger partial charge in [0, 0.05) is 25.7 Å². The lowest BCUT2D eigenvalue weighted by Gasteiger charge is -2.25. The molecule has 2 N–H and O–H groups in total. The summed E-state index contributed by atoms with van der Waals surface area (Å²) in [5.41, 5.74) is 5.65. The SMILES string of the molecule is NC[C@@H]1C[C@@H](F)CN1CC1CCCC1. The monoisotopic (exact) mass is 200 g/mol. The van der Waals surface area contributed by atoms with Gasteiger partial charge in [-0.25, -0.2) is 4.39 Å². The van der Waals surface area contributed by atoms with Gasteiger partial charge in [-0.2, -0.15) is 0 Å². The standard InChI is InChI=1S/C11H21FN2/c12-10-5-11(6-13)14(8-10)7-9-3-1-2-4-9/h9-11H,1-8,13H2/t10-,11+/m1/s1. The van der Waals surface area contributed by atoms with Gasteiger partial charge >= 0.3 is 0 Å². The Bertz CT molecular complexity index is 180. The van der Waals surface area contributed by atoms with Gasteiger partial charge in [0.2, 0.25) is 0 Å². The van der Waals surface area contributed by atoms with Gasteiger partial charge in [0.05, 0.1) is 0 Å². The molecule has 1 saturated carbocycles. The second-order valence-corrected chi connectivity index (χ2v) is 4.83. The molecule has 0 amide bonds. The predicted molar refractivity (Wildman–Crippen MR) is 55.9 cm³/mol. The van der Waals surface area contributed by atoms with Crippen LogP contribution in [0.2, 0.25) is 0 Å². The molecule has 0 aromatic rings. The molecule has 0 unspecified atom stereocenters. The highest BCUT2D eigenvalue weighted by molar-refractivity contribution is 4.87. The van der Waals surface area contributed by atoms with Crippen LogP contribution in [0.1, 0.15) is 32.1 Å². The Morgan fingerprint density at radius 1 is 1.29 bits per heavy atom. The molecule has 3 heteroatoms. The molecule has 0 spiro atoms. The number of halogens is 1. The minimum Gasteiger partial charge on any atom is -0.329 e. The third-order valence-electron chi connectivity index (χ3n) is 3.72. The minimum absolute atomic E-state index is 0.311. The van der Waals surface area contributed by atoms with Crippen molar-refractivity contribution >= 4 is 0 Å². The molecule has 0 bridgehead atoms. The lowest BCUT2D eigenvalue weighted by molar-refractivity contribution is 0.210. The summed E-state index contributed by atoms with van der Waals surface area (Å²) in [6.45, 7) is 2.33. The molecule has 0 radical (unpaired) electrons. The van der Waals surface area contributed by atoms with E-state index in [1.807, 2.05) is 0 Å². The fourth-order valence-electron chi connectivity index (χ4n) is 2.92. The molecule has 2 fully saturated rings. The molecule has 1 aliphatic heterocycles. The number of rotatable bonds is 3. The molecule has 2 aliphatic rings. The smallest absolute Gasteiger partial charge is 0.114 e. The molecule has 2 atom stereocenters. The highest BCUT2D eigenvalue weighted by atomic mass is 19.1. The number of alkyl halides is 1. The van der Waals surface area contributed by atoms with Crippen LogP contribution in [0, 0.1) is 5.92 Å². The van der Waals surface area contributed by atoms with Crippen molar-refractivity contribution < 1.29 is 4.39 Å². The van der Waals surface area contributed by atoms with Crippen LogP contribution in [0.15, 0.2) is 0 Å². The molecule has 14 heavy (non-hydrogen) atoms. The lowest BCUT2D eigenvalue weighted by atomic mass is 10.1. The summed E-state index contributed by atoms with van der Waals surface area (Å²) in [7, 11) is 0. The van der Waals surface area contributed by atoms with Crippen LogP contribution in [0.5, 0.6) is 0 Å². The van der Waals surface area contributed by atoms with Crippen LogP contribution in [-0.4, -0.2) is 36.7 Å². The molecule has 0 aromatic carbocycles. The Kier molecular flexibility index (Phi) is 3.39. The van der Waals surface area contributed by atoms with E-state index >= 15 is 0 Å². The van der Waals surface area contributed by atoms with E-state index < -0.39 is 6.17 Å². The maximum atomic E-state index is 13.2. The molecule has 0 aromatic heterocycles. The normalized spacial score (nSPS) is 35.6. The minimum atomic E-state index is -0.634. The average Bonchev–Trinajstić information content (AvgIpc) is 2.76. The second-order valence-electron chi connectivity index (χ2n) is 4.83. The van der Waals surface area contributed by atoms with Gasteiger partial charge in [0.15, 0.2) is 0 Å². The van der Waals surface area contributed by atoms with E-state index in [-0.39, 0.29) is 0 Å². The maximum Gasteiger partial charge on any atom is 0.114 e. The lowest BCUT2D eigenvalue weighted by Crippen LogP contribution is -2.38. The van der Waals surface area contributed by atoms with Gasteiger partial charge in [-0.3, -0.25) is 4.90 Å². The van der Waals surface area contributed by atoms with Crippen LogP contribution < -0.4 is 5.73 Å². The number of nitrogens with two attached hydrogens (primary N) is 1. The van der Waals surface area contributed by atoms with Gasteiger partial charge < -0.3 is 5.73 Å². The number of hydrogen-bond acceptors (Lipinski definition) is 2. The largest absolute Gasteiger partial charge is 0.329 e. The van der Waals surface area contributed by atoms with Crippen molar-refractivity contribution in [2.24, 2.45) is 11.7 Å². The summed E-state index contributed by atoms with van der Waals surface area (Å²) in [6.07, 6.45) is 5.43. The van der Waals surface area contributed by atoms with Crippen molar-refractivity contribution in [1.82, 2.24) is 4.90 Å². The van der Waals surface area contributed by atoms with Crippen molar-refractivity contribution in [2.75, 3.05) is 19.6 Å². The number of likely N-dealkylation sites (tertiary alicyclic amines) is 1. The Hall–Kier alpha value is -0.150. The van der Waals surface area contributed by atoms with Crippen molar-refractivity contribution in [1.29, 1.82) is 0 Å². The summed E-state index contributed by atoms with van der Waals surface area (Å²) in [6, 6.07) is 0.311. The van der Waals surface area contributed by atoms with Crippen LogP contribution in [0.4, 0.5) is 4.39 Å². The predicted octanol–water partition coefficient (Wildman–Crippen LogP) is 1.55. The Balaban J connectivity index is 1.83. The zero-order valence-corrected chi connectivity index (χ0v) is 8.79. The summed E-state index contributed by atoms with van der Waals surface area (Å²) < 4.78 is 13.2. The molecular formula is C11H21FN2. The van der Waals surface area contributed by atoms with Crippen LogP contribution in [0.3, 0.4) is 0 Å². The van der Waals surface area contributed by atoms with Crippen molar-refractivity contribution in [3.63, 3.8) is 0 Å². The molecular weight excluding hydrogens is 179 g/mol. The van der Waals surface area contributed by atoms with Gasteiger partial charge in [-0.15, -0.1) is 0 Å². The van der Waals surface area contributed by atoms with E-state index in [0.717, 1.165) is 12.5 Å². The quantitative estimate of drug-likeness (QED) is 0.749. The topological polar surface area (TPSA) is 29.3 Å². The first-order valence-electron chi connectivity index (χ1n) is 5.87. The third-order valence-corrected chi connectivity index (χ3v) is 3.72. The highest BCUT2D eigenvalue weighted by Crippen LogP contribution is 2.28. The third kappa shape index (κ3) is 2.26. The summed E-state index contributed by atoms with van der Waals surface area (Å²) in [5.74, 6) is 0.814. The fraction of sp³-hybridized carbons (Fsp3) is 1.00. The molecule has 1 aliphatic carbocycles. The van der Waals surface area contributed by atoms with Gasteiger partial charge in [0.25, 0.3) is 0 Å². The van der Waals surface area contributed by atoms with E-state index in [1.54, 1.807) is 0 Å². The van der Waals surface area contributed by atoms with E-state index in [4.69, 9.17) is 5.73 Å². The van der Waals surface area contributed by atoms with E-state index in [2.05, 4.69) is 4.90 Å². The Labute approximate surface area is 85.6 Å². The maximum absolute atomic E-state index is 13.2. The van der Waals surface area contributed by atoms with Crippen molar-refractivity contribution in [2.45, 2.75) is 44.3 Å². The summed E-state index contributed by atoms with van der Waals surface area (Å²) >= 11 is 0. The van der Waals surface area contributed by atoms with Gasteiger partial charge in [-0.1, -0.05) is 12.8 Å². The van der Waals surface area contributed by atoms with Crippen molar-refractivity contribution in [3.8, 4) is 0 Å². The number of nitrogens with zero attached hydrogens (tertiary/aromatic N) is 1. The van der Waals surface area contributed by atoms with Gasteiger partial charge in [0.1, 0.15) is 6.17 Å². The highest BCUT2D eigenvalue weighted by Gasteiger charge is 2.32. The second kappa shape index (κ2) is 4.58. The Morgan fingerprint density at radius 2 is 2.00 bits per heavy atom. The molecule has 2 rings (SSSR count). The van der Waals surface area contributed by atoms with Crippen LogP contribution in [-0.2, 0) is 0 Å². The first-order valence-corrected chi connectivity index (χ1v) is 5.87. The zero-order chi connectivity index (χ0) is 9.97. The van der Waals surface area contributed by atoms with E-state index in [1.165, 1.54) is 25.7 Å². The molecule has 1 heterocycles. The number of hydrogen-bond donors (Lipinski definition) is 1. The first-order chi connectivity index (χ1) is 6.79. The summed E-state index contributed by atoms with van der Waals surface area (Å²) in [4.78, 5) is 2.28. The van der Waals surface area contributed by atoms with E-state index in [0.29, 0.717) is 25.6 Å². The molecule has 2 nitrogen and oxygen atoms in total. The van der Waals surface area contributed by atoms with Crippen LogP contribution >= 0.6 is 0 Å². The summed E-state index contributed by atoms with van der Waals surface area (Å²) in [5, 5.41) is 0. The average molecular weight is 200 g/mol. The van der Waals surface area contributed by atoms with E-state index in [9.17, 15) is 4.39 Å². The van der Waals surface area contributed by atoms with Gasteiger partial charge in [-0.05, 0) is 25.2 Å². The molecule has 1 saturated heterocycles. The molecule has 82 valence electrons. The fourth-order valence-corrected chi connectivity index (χ4v) is 2.92. The van der Waals surface area contributed by atoms with Crippen molar-refractivity contribution in [3.05, 3.63) is 0 Å². The Morgan fingerprint density at radius 3 is 2.64 bits per heavy atom.